The van der Waals surface area contributed by atoms with Gasteiger partial charge < -0.3 is 9.73 Å². The summed E-state index contributed by atoms with van der Waals surface area (Å²) in [4.78, 5) is 22.7. The van der Waals surface area contributed by atoms with E-state index in [1.807, 2.05) is 0 Å². The molecule has 0 saturated heterocycles. The molecule has 3 rings (SSSR count). The minimum atomic E-state index is -4.72. The van der Waals surface area contributed by atoms with Crippen LogP contribution in [0.5, 0.6) is 0 Å². The zero-order valence-corrected chi connectivity index (χ0v) is 16.6. The van der Waals surface area contributed by atoms with E-state index in [9.17, 15) is 33.3 Å². The number of halogens is 4. The summed E-state index contributed by atoms with van der Waals surface area (Å²) in [5.41, 5.74) is -1.51. The zero-order valence-electron chi connectivity index (χ0n) is 15.8. The average Bonchev–Trinajstić information content (AvgIpc) is 3.21. The monoisotopic (exact) mass is 461 g/mol. The number of non-ortho nitro benzene ring substituents is 1. The van der Waals surface area contributed by atoms with Crippen molar-refractivity contribution in [3.05, 3.63) is 86.6 Å². The highest BCUT2D eigenvalue weighted by atomic mass is 35.5. The second kappa shape index (κ2) is 8.95. The molecule has 1 aromatic heterocycles. The van der Waals surface area contributed by atoms with E-state index in [-0.39, 0.29) is 22.9 Å². The number of nitro groups is 1. The second-order valence-electron chi connectivity index (χ2n) is 6.33. The van der Waals surface area contributed by atoms with Crippen molar-refractivity contribution in [3.8, 4) is 17.4 Å². The van der Waals surface area contributed by atoms with Crippen LogP contribution < -0.4 is 5.32 Å². The Morgan fingerprint density at radius 3 is 2.59 bits per heavy atom. The van der Waals surface area contributed by atoms with Crippen LogP contribution in [0.1, 0.15) is 11.3 Å². The van der Waals surface area contributed by atoms with Gasteiger partial charge in [0.1, 0.15) is 23.2 Å². The summed E-state index contributed by atoms with van der Waals surface area (Å²) in [7, 11) is 0. The summed E-state index contributed by atoms with van der Waals surface area (Å²) in [5.74, 6) is -0.619. The van der Waals surface area contributed by atoms with Crippen LogP contribution in [0.4, 0.5) is 24.5 Å². The molecule has 0 aliphatic carbocycles. The molecule has 0 atom stereocenters. The van der Waals surface area contributed by atoms with Gasteiger partial charge in [-0.2, -0.15) is 18.4 Å². The van der Waals surface area contributed by atoms with Crippen molar-refractivity contribution in [3.63, 3.8) is 0 Å². The summed E-state index contributed by atoms with van der Waals surface area (Å²) in [6.45, 7) is 0. The average molecular weight is 462 g/mol. The number of nitrogens with zero attached hydrogens (tertiary/aromatic N) is 2. The number of nitro benzene ring substituents is 1. The van der Waals surface area contributed by atoms with Gasteiger partial charge in [-0.25, -0.2) is 0 Å². The van der Waals surface area contributed by atoms with Crippen LogP contribution in [0.25, 0.3) is 17.4 Å². The van der Waals surface area contributed by atoms with Gasteiger partial charge in [0.05, 0.1) is 15.5 Å². The van der Waals surface area contributed by atoms with Crippen molar-refractivity contribution in [1.82, 2.24) is 0 Å². The van der Waals surface area contributed by atoms with Gasteiger partial charge >= 0.3 is 6.18 Å². The van der Waals surface area contributed by atoms with Crippen LogP contribution in [-0.4, -0.2) is 10.8 Å². The van der Waals surface area contributed by atoms with E-state index < -0.39 is 33.2 Å². The number of nitrogens with one attached hydrogen (secondary N) is 1. The van der Waals surface area contributed by atoms with Crippen molar-refractivity contribution in [2.45, 2.75) is 6.18 Å². The Morgan fingerprint density at radius 2 is 1.94 bits per heavy atom. The van der Waals surface area contributed by atoms with E-state index in [1.54, 1.807) is 12.1 Å². The van der Waals surface area contributed by atoms with Crippen LogP contribution in [0, 0.1) is 21.4 Å². The lowest BCUT2D eigenvalue weighted by molar-refractivity contribution is -0.384. The lowest BCUT2D eigenvalue weighted by Crippen LogP contribution is -2.14. The lowest BCUT2D eigenvalue weighted by atomic mass is 10.1. The fourth-order valence-electron chi connectivity index (χ4n) is 2.67. The molecule has 1 N–H and O–H groups in total. The van der Waals surface area contributed by atoms with Gasteiger partial charge in [-0.1, -0.05) is 23.7 Å². The summed E-state index contributed by atoms with van der Waals surface area (Å²) in [6, 6.07) is 13.0. The maximum atomic E-state index is 13.0. The van der Waals surface area contributed by atoms with Crippen molar-refractivity contribution in [2.24, 2.45) is 0 Å². The third-order valence-corrected chi connectivity index (χ3v) is 4.48. The molecule has 2 aromatic carbocycles. The van der Waals surface area contributed by atoms with E-state index in [0.717, 1.165) is 18.2 Å². The molecule has 162 valence electrons. The van der Waals surface area contributed by atoms with Gasteiger partial charge in [0, 0.05) is 29.5 Å². The molecule has 7 nitrogen and oxygen atoms in total. The van der Waals surface area contributed by atoms with Crippen molar-refractivity contribution in [1.29, 1.82) is 5.26 Å². The third-order valence-electron chi connectivity index (χ3n) is 4.15. The molecule has 0 bridgehead atoms. The molecule has 32 heavy (non-hydrogen) atoms. The first kappa shape index (κ1) is 22.6. The second-order valence-corrected chi connectivity index (χ2v) is 6.73. The molecular formula is C21H11ClF3N3O4. The SMILES string of the molecule is N#CC(=Cc1ccc(-c2cccc([N+](=O)[O-])c2)o1)C(=O)Nc1ccc(Cl)c(C(F)(F)F)c1. The number of alkyl halides is 3. The van der Waals surface area contributed by atoms with Gasteiger partial charge in [0.25, 0.3) is 11.6 Å². The summed E-state index contributed by atoms with van der Waals surface area (Å²) in [6.07, 6.45) is -3.63. The molecule has 1 heterocycles. The maximum Gasteiger partial charge on any atom is 0.417 e. The van der Waals surface area contributed by atoms with Gasteiger partial charge in [-0.15, -0.1) is 0 Å². The van der Waals surface area contributed by atoms with Gasteiger partial charge in [-0.3, -0.25) is 14.9 Å². The lowest BCUT2D eigenvalue weighted by Gasteiger charge is -2.11. The molecule has 3 aromatic rings. The third kappa shape index (κ3) is 5.14. The number of rotatable bonds is 5. The summed E-state index contributed by atoms with van der Waals surface area (Å²) in [5, 5.41) is 21.9. The number of carbonyl (C=O) groups excluding carboxylic acids is 1. The van der Waals surface area contributed by atoms with E-state index in [0.29, 0.717) is 11.6 Å². The molecule has 0 radical (unpaired) electrons. The molecule has 0 aliphatic heterocycles. The van der Waals surface area contributed by atoms with Crippen LogP contribution in [0.3, 0.4) is 0 Å². The predicted molar refractivity (Wildman–Crippen MR) is 109 cm³/mol. The zero-order chi connectivity index (χ0) is 23.5. The minimum Gasteiger partial charge on any atom is -0.457 e. The number of benzene rings is 2. The highest BCUT2D eigenvalue weighted by Crippen LogP contribution is 2.36. The Morgan fingerprint density at radius 1 is 1.19 bits per heavy atom. The van der Waals surface area contributed by atoms with Crippen LogP contribution in [0.2, 0.25) is 5.02 Å². The van der Waals surface area contributed by atoms with E-state index in [2.05, 4.69) is 5.32 Å². The van der Waals surface area contributed by atoms with E-state index in [4.69, 9.17) is 16.0 Å². The Labute approximate surface area is 183 Å². The van der Waals surface area contributed by atoms with Gasteiger partial charge in [0.15, 0.2) is 0 Å². The van der Waals surface area contributed by atoms with Crippen molar-refractivity contribution < 1.29 is 27.3 Å². The Hall–Kier alpha value is -4.10. The number of hydrogen-bond acceptors (Lipinski definition) is 5. The minimum absolute atomic E-state index is 0.0882. The molecule has 1 amide bonds. The largest absolute Gasteiger partial charge is 0.457 e. The fourth-order valence-corrected chi connectivity index (χ4v) is 2.89. The first-order valence-electron chi connectivity index (χ1n) is 8.73. The van der Waals surface area contributed by atoms with Crippen LogP contribution >= 0.6 is 11.6 Å². The highest BCUT2D eigenvalue weighted by molar-refractivity contribution is 6.31. The number of carbonyl (C=O) groups is 1. The quantitative estimate of drug-likeness (QED) is 0.214. The van der Waals surface area contributed by atoms with Gasteiger partial charge in [-0.05, 0) is 30.3 Å². The Kier molecular flexibility index (Phi) is 6.32. The summed E-state index contributed by atoms with van der Waals surface area (Å²) < 4.78 is 44.5. The smallest absolute Gasteiger partial charge is 0.417 e. The number of amides is 1. The molecular weight excluding hydrogens is 451 g/mol. The molecule has 0 spiro atoms. The molecule has 0 unspecified atom stereocenters. The van der Waals surface area contributed by atoms with E-state index >= 15 is 0 Å². The normalized spacial score (nSPS) is 11.7. The van der Waals surface area contributed by atoms with E-state index in [1.165, 1.54) is 30.3 Å². The Bertz CT molecular complexity index is 1280. The number of hydrogen-bond donors (Lipinski definition) is 1. The Balaban J connectivity index is 1.83. The molecule has 0 saturated carbocycles. The topological polar surface area (TPSA) is 109 Å². The fraction of sp³-hybridized carbons (Fsp3) is 0.0476. The highest BCUT2D eigenvalue weighted by Gasteiger charge is 2.33. The van der Waals surface area contributed by atoms with Crippen molar-refractivity contribution >= 4 is 35.0 Å². The molecule has 0 fully saturated rings. The molecule has 0 aliphatic rings. The summed E-state index contributed by atoms with van der Waals surface area (Å²) >= 11 is 5.55. The number of anilines is 1. The standard InChI is InChI=1S/C21H11ClF3N3O4/c22-18-6-4-14(10-17(18)21(23,24)25)27-20(29)13(11-26)9-16-5-7-19(32-16)12-2-1-3-15(8-12)28(30)31/h1-10H,(H,27,29). The number of nitriles is 1. The predicted octanol–water partition coefficient (Wildman–Crippen LogP) is 6.07. The number of furan rings is 1. The van der Waals surface area contributed by atoms with Crippen LogP contribution in [-0.2, 0) is 11.0 Å². The maximum absolute atomic E-state index is 13.0. The first-order valence-corrected chi connectivity index (χ1v) is 9.11. The van der Waals surface area contributed by atoms with Crippen molar-refractivity contribution in [2.75, 3.05) is 5.32 Å². The van der Waals surface area contributed by atoms with Crippen LogP contribution in [0.15, 0.2) is 64.6 Å². The van der Waals surface area contributed by atoms with Gasteiger partial charge in [0.2, 0.25) is 0 Å². The first-order chi connectivity index (χ1) is 15.1. The molecule has 11 heteroatoms.